The first-order valence-corrected chi connectivity index (χ1v) is 8.80. The van der Waals surface area contributed by atoms with Crippen molar-refractivity contribution in [2.75, 3.05) is 26.2 Å². The molecule has 9 heteroatoms. The Morgan fingerprint density at radius 3 is 2.50 bits per heavy atom. The van der Waals surface area contributed by atoms with Crippen LogP contribution in [0.2, 0.25) is 0 Å². The SMILES string of the molecule is Cc1cc(C(=O)N2CCN(S(=O)(=O)c3cccc(F)c3)CC2)no1. The van der Waals surface area contributed by atoms with Crippen molar-refractivity contribution in [3.63, 3.8) is 0 Å². The molecule has 3 rings (SSSR count). The van der Waals surface area contributed by atoms with Crippen molar-refractivity contribution in [3.8, 4) is 0 Å². The van der Waals surface area contributed by atoms with E-state index in [0.717, 1.165) is 6.07 Å². The highest BCUT2D eigenvalue weighted by Gasteiger charge is 2.31. The van der Waals surface area contributed by atoms with Gasteiger partial charge in [0.05, 0.1) is 4.90 Å². The third-order valence-electron chi connectivity index (χ3n) is 3.81. The minimum absolute atomic E-state index is 0.0885. The van der Waals surface area contributed by atoms with E-state index in [1.54, 1.807) is 6.92 Å². The molecule has 0 unspecified atom stereocenters. The van der Waals surface area contributed by atoms with Gasteiger partial charge < -0.3 is 9.42 Å². The zero-order valence-corrected chi connectivity index (χ0v) is 13.8. The predicted molar refractivity (Wildman–Crippen MR) is 82.3 cm³/mol. The van der Waals surface area contributed by atoms with Crippen molar-refractivity contribution in [2.24, 2.45) is 0 Å². The molecule has 0 saturated carbocycles. The van der Waals surface area contributed by atoms with E-state index in [2.05, 4.69) is 5.16 Å². The zero-order valence-electron chi connectivity index (χ0n) is 13.0. The number of carbonyl (C=O) groups is 1. The van der Waals surface area contributed by atoms with E-state index in [4.69, 9.17) is 4.52 Å². The van der Waals surface area contributed by atoms with Crippen LogP contribution in [0.5, 0.6) is 0 Å². The summed E-state index contributed by atoms with van der Waals surface area (Å²) in [5, 5.41) is 3.68. The Hall–Kier alpha value is -2.26. The fraction of sp³-hybridized carbons (Fsp3) is 0.333. The fourth-order valence-electron chi connectivity index (χ4n) is 2.54. The van der Waals surface area contributed by atoms with E-state index in [1.807, 2.05) is 0 Å². The second kappa shape index (κ2) is 6.33. The number of hydrogen-bond donors (Lipinski definition) is 0. The van der Waals surface area contributed by atoms with Crippen LogP contribution in [-0.2, 0) is 10.0 Å². The topological polar surface area (TPSA) is 83.7 Å². The second-order valence-electron chi connectivity index (χ2n) is 5.48. The van der Waals surface area contributed by atoms with Crippen molar-refractivity contribution < 1.29 is 22.1 Å². The van der Waals surface area contributed by atoms with E-state index in [1.165, 1.54) is 33.5 Å². The minimum atomic E-state index is -3.77. The highest BCUT2D eigenvalue weighted by atomic mass is 32.2. The molecule has 1 amide bonds. The van der Waals surface area contributed by atoms with Gasteiger partial charge in [0, 0.05) is 32.2 Å². The first kappa shape index (κ1) is 16.6. The molecule has 128 valence electrons. The van der Waals surface area contributed by atoms with E-state index < -0.39 is 15.8 Å². The van der Waals surface area contributed by atoms with Crippen molar-refractivity contribution in [2.45, 2.75) is 11.8 Å². The second-order valence-corrected chi connectivity index (χ2v) is 7.41. The van der Waals surface area contributed by atoms with Crippen molar-refractivity contribution >= 4 is 15.9 Å². The lowest BCUT2D eigenvalue weighted by Gasteiger charge is -2.33. The Bertz CT molecular complexity index is 857. The molecule has 0 N–H and O–H groups in total. The summed E-state index contributed by atoms with van der Waals surface area (Å²) >= 11 is 0. The zero-order chi connectivity index (χ0) is 17.3. The standard InChI is InChI=1S/C15H16FN3O4S/c1-11-9-14(17-23-11)15(20)18-5-7-19(8-6-18)24(21,22)13-4-2-3-12(16)10-13/h2-4,9-10H,5-8H2,1H3. The maximum atomic E-state index is 13.3. The summed E-state index contributed by atoms with van der Waals surface area (Å²) in [5.41, 5.74) is 0.203. The average molecular weight is 353 g/mol. The first-order valence-electron chi connectivity index (χ1n) is 7.36. The van der Waals surface area contributed by atoms with Gasteiger partial charge in [-0.25, -0.2) is 12.8 Å². The molecule has 0 bridgehead atoms. The summed E-state index contributed by atoms with van der Waals surface area (Å²) in [5.74, 6) is -0.369. The van der Waals surface area contributed by atoms with Crippen LogP contribution in [0.25, 0.3) is 0 Å². The summed E-state index contributed by atoms with van der Waals surface area (Å²) in [6.45, 7) is 2.44. The van der Waals surface area contributed by atoms with Gasteiger partial charge >= 0.3 is 0 Å². The molecule has 1 aliphatic heterocycles. The molecule has 24 heavy (non-hydrogen) atoms. The molecule has 1 saturated heterocycles. The Balaban J connectivity index is 1.69. The largest absolute Gasteiger partial charge is 0.361 e. The normalized spacial score (nSPS) is 16.3. The van der Waals surface area contributed by atoms with Crippen molar-refractivity contribution in [1.29, 1.82) is 0 Å². The van der Waals surface area contributed by atoms with Gasteiger partial charge in [0.15, 0.2) is 5.69 Å². The van der Waals surface area contributed by atoms with Crippen LogP contribution in [0.1, 0.15) is 16.2 Å². The molecular weight excluding hydrogens is 337 g/mol. The maximum absolute atomic E-state index is 13.3. The molecule has 0 aliphatic carbocycles. The van der Waals surface area contributed by atoms with E-state index >= 15 is 0 Å². The summed E-state index contributed by atoms with van der Waals surface area (Å²) in [6.07, 6.45) is 0. The lowest BCUT2D eigenvalue weighted by atomic mass is 10.3. The Labute approximate surface area is 138 Å². The van der Waals surface area contributed by atoms with Crippen molar-refractivity contribution in [3.05, 3.63) is 47.6 Å². The van der Waals surface area contributed by atoms with Crippen molar-refractivity contribution in [1.82, 2.24) is 14.4 Å². The van der Waals surface area contributed by atoms with Crippen LogP contribution < -0.4 is 0 Å². The smallest absolute Gasteiger partial charge is 0.276 e. The summed E-state index contributed by atoms with van der Waals surface area (Å²) in [7, 11) is -3.77. The van der Waals surface area contributed by atoms with Gasteiger partial charge in [-0.2, -0.15) is 4.31 Å². The van der Waals surface area contributed by atoms with E-state index in [0.29, 0.717) is 5.76 Å². The van der Waals surface area contributed by atoms with Crippen LogP contribution >= 0.6 is 0 Å². The highest BCUT2D eigenvalue weighted by Crippen LogP contribution is 2.19. The number of amides is 1. The highest BCUT2D eigenvalue weighted by molar-refractivity contribution is 7.89. The van der Waals surface area contributed by atoms with Gasteiger partial charge in [0.1, 0.15) is 11.6 Å². The summed E-state index contributed by atoms with van der Waals surface area (Å²) < 4.78 is 44.4. The number of benzene rings is 1. The van der Waals surface area contributed by atoms with Gasteiger partial charge in [-0.15, -0.1) is 0 Å². The number of nitrogens with zero attached hydrogens (tertiary/aromatic N) is 3. The Morgan fingerprint density at radius 1 is 1.21 bits per heavy atom. The van der Waals surface area contributed by atoms with Gasteiger partial charge in [0.25, 0.3) is 5.91 Å². The molecule has 1 aromatic heterocycles. The van der Waals surface area contributed by atoms with Gasteiger partial charge in [-0.3, -0.25) is 4.79 Å². The number of hydrogen-bond acceptors (Lipinski definition) is 5. The minimum Gasteiger partial charge on any atom is -0.361 e. The van der Waals surface area contributed by atoms with Gasteiger partial charge in [-0.05, 0) is 25.1 Å². The number of aryl methyl sites for hydroxylation is 1. The average Bonchev–Trinajstić information content (AvgIpc) is 3.01. The van der Waals surface area contributed by atoms with E-state index in [9.17, 15) is 17.6 Å². The lowest BCUT2D eigenvalue weighted by molar-refractivity contribution is 0.0687. The quantitative estimate of drug-likeness (QED) is 0.830. The maximum Gasteiger partial charge on any atom is 0.276 e. The van der Waals surface area contributed by atoms with Crippen LogP contribution in [0.15, 0.2) is 39.8 Å². The molecule has 7 nitrogen and oxygen atoms in total. The monoisotopic (exact) mass is 353 g/mol. The fourth-order valence-corrected chi connectivity index (χ4v) is 3.99. The van der Waals surface area contributed by atoms with E-state index in [-0.39, 0.29) is 42.7 Å². The molecule has 1 aliphatic rings. The van der Waals surface area contributed by atoms with Gasteiger partial charge in [0.2, 0.25) is 10.0 Å². The Morgan fingerprint density at radius 2 is 1.92 bits per heavy atom. The Kier molecular flexibility index (Phi) is 4.37. The predicted octanol–water partition coefficient (Wildman–Crippen LogP) is 1.27. The molecule has 2 heterocycles. The molecule has 1 aromatic carbocycles. The third-order valence-corrected chi connectivity index (χ3v) is 5.70. The molecular formula is C15H16FN3O4S. The first-order chi connectivity index (χ1) is 11.4. The lowest BCUT2D eigenvalue weighted by Crippen LogP contribution is -2.50. The van der Waals surface area contributed by atoms with Crippen LogP contribution in [0.4, 0.5) is 4.39 Å². The molecule has 0 radical (unpaired) electrons. The van der Waals surface area contributed by atoms with Gasteiger partial charge in [-0.1, -0.05) is 11.2 Å². The number of carbonyl (C=O) groups excluding carboxylic acids is 1. The number of rotatable bonds is 3. The summed E-state index contributed by atoms with van der Waals surface area (Å²) in [4.78, 5) is 13.7. The van der Waals surface area contributed by atoms with Crippen LogP contribution in [-0.4, -0.2) is 54.9 Å². The molecule has 0 atom stereocenters. The number of halogens is 1. The third kappa shape index (κ3) is 3.17. The number of aromatic nitrogens is 1. The molecule has 2 aromatic rings. The molecule has 1 fully saturated rings. The number of piperazine rings is 1. The molecule has 0 spiro atoms. The van der Waals surface area contributed by atoms with Crippen LogP contribution in [0.3, 0.4) is 0 Å². The summed E-state index contributed by atoms with van der Waals surface area (Å²) in [6, 6.07) is 6.43. The van der Waals surface area contributed by atoms with Crippen LogP contribution in [0, 0.1) is 12.7 Å². The number of sulfonamides is 1.